The zero-order chi connectivity index (χ0) is 13.9. The topological polar surface area (TPSA) is 86.3 Å². The molecule has 0 amide bonds. The van der Waals surface area contributed by atoms with Crippen LogP contribution in [0.2, 0.25) is 0 Å². The van der Waals surface area contributed by atoms with Crippen LogP contribution in [0.25, 0.3) is 11.9 Å². The molecule has 0 atom stereocenters. The lowest BCUT2D eigenvalue weighted by atomic mass is 10.4. The van der Waals surface area contributed by atoms with Crippen molar-refractivity contribution < 1.29 is 0 Å². The SMILES string of the molecule is CCc1nccn1-c1nc(NC)nc(-n2ccnc2)n1. The summed E-state index contributed by atoms with van der Waals surface area (Å²) in [5.41, 5.74) is 0. The molecule has 3 aromatic heterocycles. The molecule has 3 aromatic rings. The Labute approximate surface area is 115 Å². The predicted octanol–water partition coefficient (Wildman–Crippen LogP) is 0.847. The van der Waals surface area contributed by atoms with Gasteiger partial charge in [0.1, 0.15) is 12.2 Å². The number of rotatable bonds is 4. The van der Waals surface area contributed by atoms with Gasteiger partial charge in [-0.2, -0.15) is 15.0 Å². The molecule has 0 spiro atoms. The summed E-state index contributed by atoms with van der Waals surface area (Å²) in [6, 6.07) is 0. The second-order valence-electron chi connectivity index (χ2n) is 4.05. The van der Waals surface area contributed by atoms with E-state index in [1.54, 1.807) is 36.5 Å². The van der Waals surface area contributed by atoms with E-state index < -0.39 is 0 Å². The number of hydrogen-bond donors (Lipinski definition) is 1. The lowest BCUT2D eigenvalue weighted by Gasteiger charge is -2.08. The van der Waals surface area contributed by atoms with Crippen molar-refractivity contribution >= 4 is 5.95 Å². The summed E-state index contributed by atoms with van der Waals surface area (Å²) in [7, 11) is 1.77. The van der Waals surface area contributed by atoms with Gasteiger partial charge in [-0.25, -0.2) is 9.97 Å². The molecule has 20 heavy (non-hydrogen) atoms. The Hall–Kier alpha value is -2.77. The lowest BCUT2D eigenvalue weighted by molar-refractivity contribution is 0.801. The quantitative estimate of drug-likeness (QED) is 0.756. The van der Waals surface area contributed by atoms with Crippen molar-refractivity contribution in [2.24, 2.45) is 0 Å². The van der Waals surface area contributed by atoms with Crippen LogP contribution < -0.4 is 5.32 Å². The molecule has 8 nitrogen and oxygen atoms in total. The first-order valence-electron chi connectivity index (χ1n) is 6.26. The van der Waals surface area contributed by atoms with Crippen molar-refractivity contribution in [3.63, 3.8) is 0 Å². The average Bonchev–Trinajstić information content (AvgIpc) is 3.17. The van der Waals surface area contributed by atoms with E-state index in [0.717, 1.165) is 12.2 Å². The highest BCUT2D eigenvalue weighted by Gasteiger charge is 2.11. The summed E-state index contributed by atoms with van der Waals surface area (Å²) < 4.78 is 3.58. The average molecular weight is 270 g/mol. The monoisotopic (exact) mass is 270 g/mol. The van der Waals surface area contributed by atoms with Crippen molar-refractivity contribution in [2.45, 2.75) is 13.3 Å². The first-order valence-corrected chi connectivity index (χ1v) is 6.26. The highest BCUT2D eigenvalue weighted by Crippen LogP contribution is 2.11. The van der Waals surface area contributed by atoms with Gasteiger partial charge in [0, 0.05) is 38.3 Å². The number of anilines is 1. The Morgan fingerprint density at radius 2 is 1.95 bits per heavy atom. The highest BCUT2D eigenvalue weighted by molar-refractivity contribution is 5.33. The number of imidazole rings is 2. The predicted molar refractivity (Wildman–Crippen MR) is 73.0 cm³/mol. The molecule has 0 radical (unpaired) electrons. The van der Waals surface area contributed by atoms with E-state index in [1.165, 1.54) is 0 Å². The summed E-state index contributed by atoms with van der Waals surface area (Å²) in [5, 5.41) is 2.94. The largest absolute Gasteiger partial charge is 0.357 e. The number of nitrogens with one attached hydrogen (secondary N) is 1. The van der Waals surface area contributed by atoms with Crippen LogP contribution in [-0.2, 0) is 6.42 Å². The minimum atomic E-state index is 0.495. The summed E-state index contributed by atoms with van der Waals surface area (Å²) in [6.45, 7) is 2.04. The summed E-state index contributed by atoms with van der Waals surface area (Å²) in [5.74, 6) is 2.43. The Morgan fingerprint density at radius 1 is 1.10 bits per heavy atom. The fourth-order valence-corrected chi connectivity index (χ4v) is 1.84. The van der Waals surface area contributed by atoms with E-state index in [1.807, 2.05) is 17.7 Å². The van der Waals surface area contributed by atoms with Gasteiger partial charge in [0.05, 0.1) is 0 Å². The molecule has 1 N–H and O–H groups in total. The Morgan fingerprint density at radius 3 is 2.65 bits per heavy atom. The van der Waals surface area contributed by atoms with Gasteiger partial charge < -0.3 is 5.32 Å². The van der Waals surface area contributed by atoms with Crippen LogP contribution in [0, 0.1) is 0 Å². The Balaban J connectivity index is 2.14. The zero-order valence-electron chi connectivity index (χ0n) is 11.2. The van der Waals surface area contributed by atoms with Crippen molar-refractivity contribution in [1.82, 2.24) is 34.1 Å². The molecule has 0 aromatic carbocycles. The van der Waals surface area contributed by atoms with E-state index in [-0.39, 0.29) is 0 Å². The van der Waals surface area contributed by atoms with Gasteiger partial charge in [0.15, 0.2) is 0 Å². The van der Waals surface area contributed by atoms with Gasteiger partial charge in [-0.3, -0.25) is 9.13 Å². The van der Waals surface area contributed by atoms with Gasteiger partial charge in [0.25, 0.3) is 0 Å². The second-order valence-corrected chi connectivity index (χ2v) is 4.05. The molecule has 8 heteroatoms. The molecule has 3 rings (SSSR count). The molecule has 3 heterocycles. The third kappa shape index (κ3) is 2.11. The molecule has 0 saturated heterocycles. The van der Waals surface area contributed by atoms with Crippen LogP contribution in [0.1, 0.15) is 12.7 Å². The van der Waals surface area contributed by atoms with Gasteiger partial charge >= 0.3 is 0 Å². The summed E-state index contributed by atoms with van der Waals surface area (Å²) in [4.78, 5) is 21.4. The number of nitrogens with zero attached hydrogens (tertiary/aromatic N) is 7. The smallest absolute Gasteiger partial charge is 0.241 e. The van der Waals surface area contributed by atoms with Crippen LogP contribution in [0.3, 0.4) is 0 Å². The fourth-order valence-electron chi connectivity index (χ4n) is 1.84. The van der Waals surface area contributed by atoms with E-state index in [4.69, 9.17) is 0 Å². The second kappa shape index (κ2) is 5.08. The maximum atomic E-state index is 4.46. The Kier molecular flexibility index (Phi) is 3.12. The van der Waals surface area contributed by atoms with Crippen LogP contribution in [0.4, 0.5) is 5.95 Å². The summed E-state index contributed by atoms with van der Waals surface area (Å²) >= 11 is 0. The van der Waals surface area contributed by atoms with E-state index >= 15 is 0 Å². The highest BCUT2D eigenvalue weighted by atomic mass is 15.3. The molecule has 0 aliphatic rings. The minimum absolute atomic E-state index is 0.495. The van der Waals surface area contributed by atoms with Crippen LogP contribution >= 0.6 is 0 Å². The van der Waals surface area contributed by atoms with Crippen LogP contribution in [0.5, 0.6) is 0 Å². The third-order valence-corrected chi connectivity index (χ3v) is 2.82. The normalized spacial score (nSPS) is 10.7. The van der Waals surface area contributed by atoms with Gasteiger partial charge in [0.2, 0.25) is 17.8 Å². The molecule has 0 bridgehead atoms. The van der Waals surface area contributed by atoms with Crippen molar-refractivity contribution in [3.8, 4) is 11.9 Å². The van der Waals surface area contributed by atoms with Crippen molar-refractivity contribution in [3.05, 3.63) is 36.9 Å². The zero-order valence-corrected chi connectivity index (χ0v) is 11.2. The molecular weight excluding hydrogens is 256 g/mol. The molecular formula is C12H14N8. The molecule has 0 saturated carbocycles. The lowest BCUT2D eigenvalue weighted by Crippen LogP contribution is -2.11. The van der Waals surface area contributed by atoms with Gasteiger partial charge in [-0.15, -0.1) is 0 Å². The molecule has 102 valence electrons. The van der Waals surface area contributed by atoms with E-state index in [0.29, 0.717) is 17.8 Å². The van der Waals surface area contributed by atoms with Crippen molar-refractivity contribution in [2.75, 3.05) is 12.4 Å². The molecule has 0 aliphatic carbocycles. The Bertz CT molecular complexity index is 700. The first kappa shape index (κ1) is 12.3. The molecule has 0 unspecified atom stereocenters. The van der Waals surface area contributed by atoms with Crippen molar-refractivity contribution in [1.29, 1.82) is 0 Å². The van der Waals surface area contributed by atoms with E-state index in [9.17, 15) is 0 Å². The fraction of sp³-hybridized carbons (Fsp3) is 0.250. The maximum Gasteiger partial charge on any atom is 0.241 e. The van der Waals surface area contributed by atoms with Gasteiger partial charge in [-0.1, -0.05) is 6.92 Å². The van der Waals surface area contributed by atoms with Gasteiger partial charge in [-0.05, 0) is 0 Å². The maximum absolute atomic E-state index is 4.46. The van der Waals surface area contributed by atoms with Crippen LogP contribution in [0.15, 0.2) is 31.1 Å². The standard InChI is InChI=1S/C12H14N8/c1-3-9-15-5-7-20(9)12-17-10(13-2)16-11(18-12)19-6-4-14-8-19/h4-8H,3H2,1-2H3,(H,13,16,17,18). The molecule has 0 fully saturated rings. The van der Waals surface area contributed by atoms with E-state index in [2.05, 4.69) is 30.2 Å². The van der Waals surface area contributed by atoms with Crippen LogP contribution in [-0.4, -0.2) is 41.1 Å². The third-order valence-electron chi connectivity index (χ3n) is 2.82. The number of hydrogen-bond acceptors (Lipinski definition) is 6. The number of aromatic nitrogens is 7. The molecule has 0 aliphatic heterocycles. The number of aryl methyl sites for hydroxylation is 1. The first-order chi connectivity index (χ1) is 9.81. The summed E-state index contributed by atoms with van der Waals surface area (Å²) in [6.07, 6.45) is 9.48. The minimum Gasteiger partial charge on any atom is -0.357 e.